The van der Waals surface area contributed by atoms with Gasteiger partial charge in [0.2, 0.25) is 15.9 Å². The summed E-state index contributed by atoms with van der Waals surface area (Å²) in [7, 11) is -3.54. The number of nitrogens with zero attached hydrogens (tertiary/aromatic N) is 4. The molecule has 0 spiro atoms. The van der Waals surface area contributed by atoms with Crippen molar-refractivity contribution in [1.29, 1.82) is 0 Å². The van der Waals surface area contributed by atoms with E-state index in [9.17, 15) is 13.2 Å². The van der Waals surface area contributed by atoms with Crippen LogP contribution in [0.25, 0.3) is 6.08 Å². The Bertz CT molecular complexity index is 952. The number of morpholine rings is 1. The van der Waals surface area contributed by atoms with Crippen LogP contribution in [0.2, 0.25) is 0 Å². The second-order valence-corrected chi connectivity index (χ2v) is 8.06. The van der Waals surface area contributed by atoms with Crippen molar-refractivity contribution >= 4 is 39.3 Å². The molecule has 1 aromatic heterocycles. The van der Waals surface area contributed by atoms with E-state index in [-0.39, 0.29) is 10.0 Å². The van der Waals surface area contributed by atoms with Crippen molar-refractivity contribution < 1.29 is 17.9 Å². The minimum Gasteiger partial charge on any atom is -0.379 e. The number of carbonyl (C=O) groups excluding carboxylic acids is 1. The molecule has 12 heteroatoms. The third-order valence-corrected chi connectivity index (χ3v) is 5.91. The molecule has 1 aromatic carbocycles. The van der Waals surface area contributed by atoms with Gasteiger partial charge < -0.3 is 4.74 Å². The number of sulfonamides is 1. The highest BCUT2D eigenvalue weighted by Crippen LogP contribution is 2.18. The van der Waals surface area contributed by atoms with Crippen molar-refractivity contribution in [3.63, 3.8) is 0 Å². The minimum atomic E-state index is -3.54. The van der Waals surface area contributed by atoms with Crippen LogP contribution in [0.3, 0.4) is 0 Å². The fraction of sp³-hybridized carbons (Fsp3) is 0.250. The fourth-order valence-corrected chi connectivity index (χ4v) is 4.03. The van der Waals surface area contributed by atoms with Gasteiger partial charge in [-0.05, 0) is 36.0 Å². The van der Waals surface area contributed by atoms with E-state index in [1.807, 2.05) is 0 Å². The molecule has 0 bridgehead atoms. The molecule has 1 aliphatic rings. The van der Waals surface area contributed by atoms with E-state index in [4.69, 9.17) is 17.0 Å². The van der Waals surface area contributed by atoms with Gasteiger partial charge in [-0.25, -0.2) is 13.1 Å². The summed E-state index contributed by atoms with van der Waals surface area (Å²) >= 11 is 5.00. The van der Waals surface area contributed by atoms with Crippen LogP contribution in [0.4, 0.5) is 0 Å². The van der Waals surface area contributed by atoms with Crippen LogP contribution in [0, 0.1) is 0 Å². The Labute approximate surface area is 167 Å². The fourth-order valence-electron chi connectivity index (χ4n) is 2.42. The van der Waals surface area contributed by atoms with Gasteiger partial charge in [0.25, 0.3) is 0 Å². The lowest BCUT2D eigenvalue weighted by Crippen LogP contribution is -2.40. The monoisotopic (exact) mass is 422 g/mol. The molecule has 2 heterocycles. The molecule has 0 unspecified atom stereocenters. The number of benzene rings is 1. The van der Waals surface area contributed by atoms with Crippen LogP contribution in [0.15, 0.2) is 47.9 Å². The van der Waals surface area contributed by atoms with Crippen molar-refractivity contribution in [2.45, 2.75) is 4.90 Å². The van der Waals surface area contributed by atoms with Gasteiger partial charge in [-0.3, -0.25) is 15.5 Å². The first kappa shape index (κ1) is 20.1. The standard InChI is InChI=1S/C16H18N6O4S2/c23-15(19-16(27)20-21-11-17-18-12-21)6-3-13-1-4-14(5-2-13)28(24,25)22-7-9-26-10-8-22/h1-6,11-12H,7-10H2,(H2,19,20,23,27)/b6-3+. The highest BCUT2D eigenvalue weighted by atomic mass is 32.2. The summed E-state index contributed by atoms with van der Waals surface area (Å²) in [5, 5.41) is 9.75. The van der Waals surface area contributed by atoms with Gasteiger partial charge in [0.1, 0.15) is 12.7 Å². The molecule has 0 saturated carbocycles. The van der Waals surface area contributed by atoms with Gasteiger partial charge in [0, 0.05) is 19.2 Å². The second kappa shape index (κ2) is 9.01. The van der Waals surface area contributed by atoms with Crippen LogP contribution in [-0.2, 0) is 19.6 Å². The summed E-state index contributed by atoms with van der Waals surface area (Å²) in [5.41, 5.74) is 3.36. The molecule has 2 aromatic rings. The summed E-state index contributed by atoms with van der Waals surface area (Å²) in [6.07, 6.45) is 5.63. The second-order valence-electron chi connectivity index (χ2n) is 5.72. The smallest absolute Gasteiger partial charge is 0.250 e. The molecule has 28 heavy (non-hydrogen) atoms. The average molecular weight is 422 g/mol. The van der Waals surface area contributed by atoms with E-state index < -0.39 is 15.9 Å². The van der Waals surface area contributed by atoms with Crippen molar-refractivity contribution in [3.05, 3.63) is 48.6 Å². The number of hydrogen-bond donors (Lipinski definition) is 2. The van der Waals surface area contributed by atoms with Gasteiger partial charge in [-0.1, -0.05) is 12.1 Å². The molecule has 1 fully saturated rings. The maximum absolute atomic E-state index is 12.6. The number of ether oxygens (including phenoxy) is 1. The van der Waals surface area contributed by atoms with Crippen molar-refractivity contribution in [1.82, 2.24) is 24.5 Å². The Morgan fingerprint density at radius 1 is 1.14 bits per heavy atom. The summed E-state index contributed by atoms with van der Waals surface area (Å²) in [4.78, 5) is 12.1. The van der Waals surface area contributed by atoms with Crippen molar-refractivity contribution in [3.8, 4) is 0 Å². The number of thiocarbonyl (C=S) groups is 1. The number of amides is 1. The lowest BCUT2D eigenvalue weighted by atomic mass is 10.2. The average Bonchev–Trinajstić information content (AvgIpc) is 3.20. The molecule has 1 amide bonds. The number of aromatic nitrogens is 3. The Morgan fingerprint density at radius 3 is 2.43 bits per heavy atom. The zero-order valence-corrected chi connectivity index (χ0v) is 16.3. The lowest BCUT2D eigenvalue weighted by molar-refractivity contribution is -0.115. The molecule has 0 atom stereocenters. The lowest BCUT2D eigenvalue weighted by Gasteiger charge is -2.26. The summed E-state index contributed by atoms with van der Waals surface area (Å²) < 4.78 is 33.1. The number of nitrogens with one attached hydrogen (secondary N) is 2. The number of carbonyl (C=O) groups is 1. The van der Waals surface area contributed by atoms with E-state index in [1.54, 1.807) is 18.2 Å². The molecule has 1 aliphatic heterocycles. The van der Waals surface area contributed by atoms with Gasteiger partial charge in [0.15, 0.2) is 5.11 Å². The Balaban J connectivity index is 1.57. The Hall–Kier alpha value is -2.67. The van der Waals surface area contributed by atoms with E-state index in [1.165, 1.54) is 39.8 Å². The predicted molar refractivity (Wildman–Crippen MR) is 105 cm³/mol. The largest absolute Gasteiger partial charge is 0.379 e. The van der Waals surface area contributed by atoms with Crippen LogP contribution in [0.1, 0.15) is 5.56 Å². The number of rotatable bonds is 5. The van der Waals surface area contributed by atoms with E-state index in [0.717, 1.165) is 0 Å². The summed E-state index contributed by atoms with van der Waals surface area (Å²) in [5.74, 6) is -0.435. The predicted octanol–water partition coefficient (Wildman–Crippen LogP) is -0.0430. The molecular weight excluding hydrogens is 404 g/mol. The highest BCUT2D eigenvalue weighted by molar-refractivity contribution is 7.89. The summed E-state index contributed by atoms with van der Waals surface area (Å²) in [6, 6.07) is 6.29. The SMILES string of the molecule is O=C(/C=C/c1ccc(S(=O)(=O)N2CCOCC2)cc1)NC(=S)Nn1cnnc1. The van der Waals surface area contributed by atoms with E-state index >= 15 is 0 Å². The number of hydrogen-bond acceptors (Lipinski definition) is 7. The zero-order valence-electron chi connectivity index (χ0n) is 14.7. The van der Waals surface area contributed by atoms with Crippen LogP contribution in [-0.4, -0.2) is 64.9 Å². The van der Waals surface area contributed by atoms with Gasteiger partial charge in [0.05, 0.1) is 18.1 Å². The van der Waals surface area contributed by atoms with Crippen LogP contribution >= 0.6 is 12.2 Å². The maximum Gasteiger partial charge on any atom is 0.250 e. The van der Waals surface area contributed by atoms with E-state index in [0.29, 0.717) is 31.9 Å². The first-order valence-electron chi connectivity index (χ1n) is 8.28. The molecule has 10 nitrogen and oxygen atoms in total. The molecule has 0 aliphatic carbocycles. The quantitative estimate of drug-likeness (QED) is 0.509. The third-order valence-electron chi connectivity index (χ3n) is 3.80. The normalized spacial score (nSPS) is 15.4. The Morgan fingerprint density at radius 2 is 1.79 bits per heavy atom. The molecule has 0 radical (unpaired) electrons. The topological polar surface area (TPSA) is 118 Å². The first-order chi connectivity index (χ1) is 13.4. The Kier molecular flexibility index (Phi) is 6.46. The van der Waals surface area contributed by atoms with Crippen LogP contribution in [0.5, 0.6) is 0 Å². The third kappa shape index (κ3) is 5.19. The van der Waals surface area contributed by atoms with Crippen LogP contribution < -0.4 is 10.7 Å². The molecule has 1 saturated heterocycles. The molecule has 3 rings (SSSR count). The van der Waals surface area contributed by atoms with Gasteiger partial charge >= 0.3 is 0 Å². The molecule has 148 valence electrons. The van der Waals surface area contributed by atoms with Gasteiger partial charge in [-0.15, -0.1) is 10.2 Å². The minimum absolute atomic E-state index is 0.0846. The zero-order chi connectivity index (χ0) is 20.0. The maximum atomic E-state index is 12.6. The highest BCUT2D eigenvalue weighted by Gasteiger charge is 2.25. The van der Waals surface area contributed by atoms with Crippen molar-refractivity contribution in [2.24, 2.45) is 0 Å². The molecule has 2 N–H and O–H groups in total. The first-order valence-corrected chi connectivity index (χ1v) is 10.1. The molecular formula is C16H18N6O4S2. The van der Waals surface area contributed by atoms with E-state index in [2.05, 4.69) is 20.9 Å². The summed E-state index contributed by atoms with van der Waals surface area (Å²) in [6.45, 7) is 1.47. The van der Waals surface area contributed by atoms with Gasteiger partial charge in [-0.2, -0.15) is 4.31 Å². The van der Waals surface area contributed by atoms with Crippen molar-refractivity contribution in [2.75, 3.05) is 31.7 Å².